The minimum absolute atomic E-state index is 0.219. The fourth-order valence-corrected chi connectivity index (χ4v) is 3.14. The van der Waals surface area contributed by atoms with Crippen molar-refractivity contribution in [3.8, 4) is 0 Å². The first-order valence-electron chi connectivity index (χ1n) is 8.74. The van der Waals surface area contributed by atoms with Crippen molar-refractivity contribution in [1.29, 1.82) is 0 Å². The molecule has 1 aliphatic rings. The van der Waals surface area contributed by atoms with Crippen molar-refractivity contribution in [3.63, 3.8) is 0 Å². The van der Waals surface area contributed by atoms with Crippen molar-refractivity contribution >= 4 is 11.9 Å². The largest absolute Gasteiger partial charge is 0.459 e. The van der Waals surface area contributed by atoms with E-state index in [1.54, 1.807) is 38.1 Å². The van der Waals surface area contributed by atoms with Crippen LogP contribution in [0.5, 0.6) is 0 Å². The molecule has 0 aliphatic heterocycles. The van der Waals surface area contributed by atoms with Crippen molar-refractivity contribution in [3.05, 3.63) is 70.0 Å². The summed E-state index contributed by atoms with van der Waals surface area (Å²) >= 11 is 0. The van der Waals surface area contributed by atoms with Crippen LogP contribution in [-0.2, 0) is 16.0 Å². The second kappa shape index (κ2) is 7.81. The summed E-state index contributed by atoms with van der Waals surface area (Å²) in [4.78, 5) is 24.4. The van der Waals surface area contributed by atoms with Crippen molar-refractivity contribution in [1.82, 2.24) is 5.32 Å². The lowest BCUT2D eigenvalue weighted by molar-refractivity contribution is -0.153. The Morgan fingerprint density at radius 1 is 0.966 bits per heavy atom. The highest BCUT2D eigenvalue weighted by Crippen LogP contribution is 2.34. The van der Waals surface area contributed by atoms with Crippen molar-refractivity contribution < 1.29 is 36.3 Å². The number of hydrogen-bond donors (Lipinski definition) is 1. The summed E-state index contributed by atoms with van der Waals surface area (Å²) in [7, 11) is 0. The molecule has 0 saturated heterocycles. The van der Waals surface area contributed by atoms with Gasteiger partial charge in [-0.1, -0.05) is 38.1 Å². The molecule has 0 heterocycles. The van der Waals surface area contributed by atoms with Crippen LogP contribution in [0.4, 0.5) is 22.0 Å². The van der Waals surface area contributed by atoms with Crippen LogP contribution in [0.2, 0.25) is 0 Å². The lowest BCUT2D eigenvalue weighted by Crippen LogP contribution is -2.38. The van der Waals surface area contributed by atoms with Gasteiger partial charge in [0.2, 0.25) is 5.82 Å². The Balaban J connectivity index is 1.96. The van der Waals surface area contributed by atoms with Gasteiger partial charge in [0, 0.05) is 6.42 Å². The van der Waals surface area contributed by atoms with E-state index in [9.17, 15) is 31.5 Å². The monoisotopic (exact) mass is 413 g/mol. The van der Waals surface area contributed by atoms with Gasteiger partial charge in [0.15, 0.2) is 23.3 Å². The highest BCUT2D eigenvalue weighted by Gasteiger charge is 2.38. The Labute approximate surface area is 162 Å². The minimum Gasteiger partial charge on any atom is -0.459 e. The zero-order valence-corrected chi connectivity index (χ0v) is 15.4. The fraction of sp³-hybridized carbons (Fsp3) is 0.300. The molecule has 1 N–H and O–H groups in total. The molecule has 0 radical (unpaired) electrons. The van der Waals surface area contributed by atoms with E-state index in [4.69, 9.17) is 4.74 Å². The summed E-state index contributed by atoms with van der Waals surface area (Å²) in [6.07, 6.45) is -0.677. The van der Waals surface area contributed by atoms with Crippen LogP contribution in [0, 0.1) is 35.0 Å². The third-order valence-corrected chi connectivity index (χ3v) is 4.65. The smallest absolute Gasteiger partial charge is 0.308 e. The quantitative estimate of drug-likeness (QED) is 0.357. The van der Waals surface area contributed by atoms with Gasteiger partial charge in [-0.05, 0) is 11.1 Å². The maximum Gasteiger partial charge on any atom is 0.308 e. The average molecular weight is 413 g/mol. The summed E-state index contributed by atoms with van der Waals surface area (Å²) in [6.45, 7) is 3.21. The molecule has 2 aromatic carbocycles. The van der Waals surface area contributed by atoms with Crippen LogP contribution >= 0.6 is 0 Å². The Morgan fingerprint density at radius 2 is 1.52 bits per heavy atom. The van der Waals surface area contributed by atoms with Gasteiger partial charge in [0.05, 0.1) is 12.0 Å². The van der Waals surface area contributed by atoms with Gasteiger partial charge in [0.25, 0.3) is 5.91 Å². The summed E-state index contributed by atoms with van der Waals surface area (Å²) in [5.74, 6) is -13.8. The molecule has 0 fully saturated rings. The molecule has 2 atom stereocenters. The number of ether oxygens (including phenoxy) is 1. The number of halogens is 5. The number of benzene rings is 2. The van der Waals surface area contributed by atoms with E-state index in [1.165, 1.54) is 0 Å². The van der Waals surface area contributed by atoms with Crippen LogP contribution < -0.4 is 5.32 Å². The Morgan fingerprint density at radius 3 is 2.10 bits per heavy atom. The van der Waals surface area contributed by atoms with Gasteiger partial charge < -0.3 is 10.1 Å². The summed E-state index contributed by atoms with van der Waals surface area (Å²) in [6, 6.07) is 5.67. The van der Waals surface area contributed by atoms with E-state index in [0.29, 0.717) is 5.56 Å². The molecule has 0 bridgehead atoms. The van der Waals surface area contributed by atoms with E-state index >= 15 is 0 Å². The molecular formula is C20H16F5NO3. The summed E-state index contributed by atoms with van der Waals surface area (Å²) < 4.78 is 73.4. The van der Waals surface area contributed by atoms with E-state index in [2.05, 4.69) is 5.32 Å². The van der Waals surface area contributed by atoms with Gasteiger partial charge in [0.1, 0.15) is 11.7 Å². The molecule has 29 heavy (non-hydrogen) atoms. The molecule has 1 amide bonds. The van der Waals surface area contributed by atoms with E-state index in [0.717, 1.165) is 5.56 Å². The second-order valence-corrected chi connectivity index (χ2v) is 6.93. The van der Waals surface area contributed by atoms with Crippen molar-refractivity contribution in [2.75, 3.05) is 0 Å². The number of rotatable bonds is 4. The number of nitrogens with one attached hydrogen (secondary N) is 1. The molecule has 0 unspecified atom stereocenters. The van der Waals surface area contributed by atoms with Gasteiger partial charge in [-0.25, -0.2) is 22.0 Å². The molecule has 4 nitrogen and oxygen atoms in total. The molecule has 1 aliphatic carbocycles. The highest BCUT2D eigenvalue weighted by atomic mass is 19.2. The summed E-state index contributed by atoms with van der Waals surface area (Å²) in [5.41, 5.74) is -0.359. The lowest BCUT2D eigenvalue weighted by atomic mass is 10.1. The van der Waals surface area contributed by atoms with Crippen LogP contribution in [0.15, 0.2) is 24.3 Å². The SMILES string of the molecule is CC(C)C(=O)O[C@H]1Cc2ccccc2[C@H]1NC(=O)c1c(F)c(F)c(F)c(F)c1F. The van der Waals surface area contributed by atoms with Crippen molar-refractivity contribution in [2.45, 2.75) is 32.4 Å². The predicted molar refractivity (Wildman–Crippen MR) is 91.3 cm³/mol. The maximum absolute atomic E-state index is 14.0. The Bertz CT molecular complexity index is 963. The fourth-order valence-electron chi connectivity index (χ4n) is 3.14. The van der Waals surface area contributed by atoms with Gasteiger partial charge >= 0.3 is 5.97 Å². The standard InChI is InChI=1S/C20H16F5NO3/c1-8(2)20(28)29-11-7-9-5-3-4-6-10(9)18(11)26-19(27)12-13(21)15(23)17(25)16(24)14(12)22/h3-6,8,11,18H,7H2,1-2H3,(H,26,27)/t11-,18+/m0/s1. The number of hydrogen-bond acceptors (Lipinski definition) is 3. The second-order valence-electron chi connectivity index (χ2n) is 6.93. The van der Waals surface area contributed by atoms with Gasteiger partial charge in [-0.15, -0.1) is 0 Å². The minimum atomic E-state index is -2.36. The molecule has 0 saturated carbocycles. The van der Waals surface area contributed by atoms with Crippen LogP contribution in [0.1, 0.15) is 41.4 Å². The van der Waals surface area contributed by atoms with Crippen LogP contribution in [-0.4, -0.2) is 18.0 Å². The molecule has 154 valence electrons. The van der Waals surface area contributed by atoms with E-state index < -0.39 is 64.6 Å². The normalized spacial score (nSPS) is 17.9. The Hall–Kier alpha value is -2.97. The zero-order chi connectivity index (χ0) is 21.5. The molecule has 9 heteroatoms. The third-order valence-electron chi connectivity index (χ3n) is 4.65. The van der Waals surface area contributed by atoms with Gasteiger partial charge in [-0.2, -0.15) is 0 Å². The van der Waals surface area contributed by atoms with Gasteiger partial charge in [-0.3, -0.25) is 9.59 Å². The van der Waals surface area contributed by atoms with E-state index in [-0.39, 0.29) is 6.42 Å². The topological polar surface area (TPSA) is 55.4 Å². The third kappa shape index (κ3) is 3.68. The van der Waals surface area contributed by atoms with Crippen molar-refractivity contribution in [2.24, 2.45) is 5.92 Å². The molecule has 3 rings (SSSR count). The lowest BCUT2D eigenvalue weighted by Gasteiger charge is -2.23. The summed E-state index contributed by atoms with van der Waals surface area (Å²) in [5, 5.41) is 2.25. The first-order valence-corrected chi connectivity index (χ1v) is 8.74. The maximum atomic E-state index is 14.0. The molecule has 0 spiro atoms. The molecule has 0 aromatic heterocycles. The molecule has 2 aromatic rings. The first-order chi connectivity index (χ1) is 13.6. The number of carbonyl (C=O) groups is 2. The van der Waals surface area contributed by atoms with Crippen LogP contribution in [0.25, 0.3) is 0 Å². The highest BCUT2D eigenvalue weighted by molar-refractivity contribution is 5.95. The zero-order valence-electron chi connectivity index (χ0n) is 15.4. The first kappa shape index (κ1) is 20.8. The predicted octanol–water partition coefficient (Wildman–Crippen LogP) is 3.98. The van der Waals surface area contributed by atoms with Crippen LogP contribution in [0.3, 0.4) is 0 Å². The molecular weight excluding hydrogens is 397 g/mol. The average Bonchev–Trinajstić information content (AvgIpc) is 3.02. The Kier molecular flexibility index (Phi) is 5.59. The number of fused-ring (bicyclic) bond motifs is 1. The number of esters is 1. The number of carbonyl (C=O) groups excluding carboxylic acids is 2. The number of amides is 1. The van der Waals surface area contributed by atoms with E-state index in [1.807, 2.05) is 0 Å².